The van der Waals surface area contributed by atoms with Crippen molar-refractivity contribution in [2.45, 2.75) is 32.9 Å². The molecule has 0 aromatic rings. The SMILES string of the molecule is CC(C)C(=O)NCC1(C(F)(F)F)CC1. The Balaban J connectivity index is 2.43. The van der Waals surface area contributed by atoms with E-state index in [1.807, 2.05) is 0 Å². The molecule has 0 aliphatic heterocycles. The molecule has 1 fully saturated rings. The summed E-state index contributed by atoms with van der Waals surface area (Å²) in [6.07, 6.45) is -3.92. The number of carbonyl (C=O) groups is 1. The van der Waals surface area contributed by atoms with Crippen LogP contribution in [0.2, 0.25) is 0 Å². The largest absolute Gasteiger partial charge is 0.396 e. The fourth-order valence-electron chi connectivity index (χ4n) is 1.17. The highest BCUT2D eigenvalue weighted by Gasteiger charge is 2.63. The summed E-state index contributed by atoms with van der Waals surface area (Å²) < 4.78 is 37.2. The van der Waals surface area contributed by atoms with Crippen LogP contribution in [0.3, 0.4) is 0 Å². The van der Waals surface area contributed by atoms with Crippen molar-refractivity contribution >= 4 is 5.91 Å². The molecule has 1 aliphatic carbocycles. The quantitative estimate of drug-likeness (QED) is 0.757. The molecule has 1 rings (SSSR count). The Hall–Kier alpha value is -0.740. The molecule has 0 bridgehead atoms. The lowest BCUT2D eigenvalue weighted by atomic mass is 10.1. The highest BCUT2D eigenvalue weighted by Crippen LogP contribution is 2.56. The molecule has 2 nitrogen and oxygen atoms in total. The minimum Gasteiger partial charge on any atom is -0.355 e. The highest BCUT2D eigenvalue weighted by atomic mass is 19.4. The van der Waals surface area contributed by atoms with Gasteiger partial charge in [-0.15, -0.1) is 0 Å². The normalized spacial score (nSPS) is 19.6. The lowest BCUT2D eigenvalue weighted by Gasteiger charge is -2.20. The maximum atomic E-state index is 12.4. The number of carbonyl (C=O) groups excluding carboxylic acids is 1. The van der Waals surface area contributed by atoms with Crippen molar-refractivity contribution in [3.8, 4) is 0 Å². The van der Waals surface area contributed by atoms with Crippen LogP contribution in [0.5, 0.6) is 0 Å². The minimum absolute atomic E-state index is 0.134. The topological polar surface area (TPSA) is 29.1 Å². The first-order chi connectivity index (χ1) is 6.28. The summed E-state index contributed by atoms with van der Waals surface area (Å²) in [6, 6.07) is 0. The van der Waals surface area contributed by atoms with Gasteiger partial charge in [0.1, 0.15) is 0 Å². The first-order valence-corrected chi connectivity index (χ1v) is 4.63. The van der Waals surface area contributed by atoms with E-state index in [1.165, 1.54) is 0 Å². The zero-order valence-corrected chi connectivity index (χ0v) is 8.24. The van der Waals surface area contributed by atoms with E-state index in [1.54, 1.807) is 13.8 Å². The third-order valence-corrected chi connectivity index (χ3v) is 2.58. The molecule has 0 radical (unpaired) electrons. The third kappa shape index (κ3) is 2.19. The summed E-state index contributed by atoms with van der Waals surface area (Å²) in [5.41, 5.74) is -1.63. The zero-order valence-electron chi connectivity index (χ0n) is 8.24. The third-order valence-electron chi connectivity index (χ3n) is 2.58. The van der Waals surface area contributed by atoms with E-state index in [0.29, 0.717) is 0 Å². The number of rotatable bonds is 3. The van der Waals surface area contributed by atoms with Crippen LogP contribution in [0.4, 0.5) is 13.2 Å². The maximum Gasteiger partial charge on any atom is 0.396 e. The van der Waals surface area contributed by atoms with Gasteiger partial charge in [0, 0.05) is 12.5 Å². The Morgan fingerprint density at radius 1 is 1.43 bits per heavy atom. The summed E-state index contributed by atoms with van der Waals surface area (Å²) in [4.78, 5) is 11.1. The molecule has 1 N–H and O–H groups in total. The van der Waals surface area contributed by atoms with Crippen LogP contribution in [0.25, 0.3) is 0 Å². The Morgan fingerprint density at radius 3 is 2.21 bits per heavy atom. The number of alkyl halides is 3. The number of halogens is 3. The van der Waals surface area contributed by atoms with E-state index in [-0.39, 0.29) is 31.2 Å². The number of hydrogen-bond donors (Lipinski definition) is 1. The Bertz CT molecular complexity index is 231. The molecule has 0 saturated heterocycles. The van der Waals surface area contributed by atoms with E-state index < -0.39 is 11.6 Å². The monoisotopic (exact) mass is 209 g/mol. The van der Waals surface area contributed by atoms with Crippen LogP contribution in [-0.4, -0.2) is 18.6 Å². The average molecular weight is 209 g/mol. The van der Waals surface area contributed by atoms with Gasteiger partial charge in [-0.25, -0.2) is 0 Å². The van der Waals surface area contributed by atoms with Crippen molar-refractivity contribution in [3.63, 3.8) is 0 Å². The smallest absolute Gasteiger partial charge is 0.355 e. The Kier molecular flexibility index (Phi) is 2.78. The average Bonchev–Trinajstić information content (AvgIpc) is 2.78. The second-order valence-electron chi connectivity index (χ2n) is 4.15. The van der Waals surface area contributed by atoms with Crippen molar-refractivity contribution in [3.05, 3.63) is 0 Å². The molecule has 0 aromatic heterocycles. The van der Waals surface area contributed by atoms with Crippen molar-refractivity contribution in [1.82, 2.24) is 5.32 Å². The van der Waals surface area contributed by atoms with Crippen LogP contribution in [-0.2, 0) is 4.79 Å². The highest BCUT2D eigenvalue weighted by molar-refractivity contribution is 5.77. The van der Waals surface area contributed by atoms with E-state index in [4.69, 9.17) is 0 Å². The molecule has 1 amide bonds. The molecular weight excluding hydrogens is 195 g/mol. The molecular formula is C9H14F3NO. The van der Waals surface area contributed by atoms with Gasteiger partial charge in [0.15, 0.2) is 0 Å². The first kappa shape index (κ1) is 11.3. The standard InChI is InChI=1S/C9H14F3NO/c1-6(2)7(14)13-5-8(3-4-8)9(10,11)12/h6H,3-5H2,1-2H3,(H,13,14). The van der Waals surface area contributed by atoms with Crippen LogP contribution in [0.1, 0.15) is 26.7 Å². The summed E-state index contributed by atoms with van der Waals surface area (Å²) in [5.74, 6) is -0.584. The number of amides is 1. The molecule has 0 unspecified atom stereocenters. The predicted molar refractivity (Wildman–Crippen MR) is 45.6 cm³/mol. The van der Waals surface area contributed by atoms with E-state index >= 15 is 0 Å². The van der Waals surface area contributed by atoms with Crippen LogP contribution in [0.15, 0.2) is 0 Å². The van der Waals surface area contributed by atoms with Gasteiger partial charge in [-0.3, -0.25) is 4.79 Å². The molecule has 14 heavy (non-hydrogen) atoms. The van der Waals surface area contributed by atoms with Crippen molar-refractivity contribution in [1.29, 1.82) is 0 Å². The van der Waals surface area contributed by atoms with Crippen molar-refractivity contribution in [2.24, 2.45) is 11.3 Å². The molecule has 0 atom stereocenters. The lowest BCUT2D eigenvalue weighted by Crippen LogP contribution is -2.39. The van der Waals surface area contributed by atoms with E-state index in [2.05, 4.69) is 5.32 Å². The minimum atomic E-state index is -4.18. The lowest BCUT2D eigenvalue weighted by molar-refractivity contribution is -0.185. The van der Waals surface area contributed by atoms with Gasteiger partial charge < -0.3 is 5.32 Å². The molecule has 1 aliphatic rings. The first-order valence-electron chi connectivity index (χ1n) is 4.63. The van der Waals surface area contributed by atoms with Crippen LogP contribution in [0, 0.1) is 11.3 Å². The molecule has 82 valence electrons. The Labute approximate surface area is 80.9 Å². The van der Waals surface area contributed by atoms with Gasteiger partial charge in [0.2, 0.25) is 5.91 Å². The molecule has 0 aromatic carbocycles. The van der Waals surface area contributed by atoms with Gasteiger partial charge in [-0.2, -0.15) is 13.2 Å². The summed E-state index contributed by atoms with van der Waals surface area (Å²) in [7, 11) is 0. The molecule has 1 saturated carbocycles. The summed E-state index contributed by atoms with van der Waals surface area (Å²) in [6.45, 7) is 3.04. The molecule has 0 spiro atoms. The predicted octanol–water partition coefficient (Wildman–Crippen LogP) is 2.10. The second kappa shape index (κ2) is 3.44. The molecule has 5 heteroatoms. The number of nitrogens with one attached hydrogen (secondary N) is 1. The second-order valence-corrected chi connectivity index (χ2v) is 4.15. The summed E-state index contributed by atoms with van der Waals surface area (Å²) in [5, 5.41) is 2.33. The zero-order chi connectivity index (χ0) is 11.0. The van der Waals surface area contributed by atoms with Crippen molar-refractivity contribution < 1.29 is 18.0 Å². The van der Waals surface area contributed by atoms with Gasteiger partial charge in [-0.1, -0.05) is 13.8 Å². The van der Waals surface area contributed by atoms with E-state index in [0.717, 1.165) is 0 Å². The maximum absolute atomic E-state index is 12.4. The van der Waals surface area contributed by atoms with Gasteiger partial charge in [-0.05, 0) is 12.8 Å². The van der Waals surface area contributed by atoms with Gasteiger partial charge in [0.25, 0.3) is 0 Å². The fraction of sp³-hybridized carbons (Fsp3) is 0.889. The van der Waals surface area contributed by atoms with E-state index in [9.17, 15) is 18.0 Å². The number of hydrogen-bond acceptors (Lipinski definition) is 1. The van der Waals surface area contributed by atoms with Crippen LogP contribution >= 0.6 is 0 Å². The van der Waals surface area contributed by atoms with Gasteiger partial charge in [0.05, 0.1) is 5.41 Å². The summed E-state index contributed by atoms with van der Waals surface area (Å²) >= 11 is 0. The van der Waals surface area contributed by atoms with Crippen LogP contribution < -0.4 is 5.32 Å². The Morgan fingerprint density at radius 2 is 1.93 bits per heavy atom. The molecule has 0 heterocycles. The fourth-order valence-corrected chi connectivity index (χ4v) is 1.17. The van der Waals surface area contributed by atoms with Gasteiger partial charge >= 0.3 is 6.18 Å². The van der Waals surface area contributed by atoms with Crippen molar-refractivity contribution in [2.75, 3.05) is 6.54 Å².